The van der Waals surface area contributed by atoms with Gasteiger partial charge in [0.2, 0.25) is 6.35 Å². The van der Waals surface area contributed by atoms with Gasteiger partial charge in [0.1, 0.15) is 0 Å². The zero-order valence-electron chi connectivity index (χ0n) is 13.7. The maximum Gasteiger partial charge on any atom is 0.472 e. The molecule has 1 unspecified atom stereocenters. The molecule has 0 saturated heterocycles. The summed E-state index contributed by atoms with van der Waals surface area (Å²) in [4.78, 5) is 21.9. The average molecular weight is 375 g/mol. The summed E-state index contributed by atoms with van der Waals surface area (Å²) in [6.07, 6.45) is 6.60. The van der Waals surface area contributed by atoms with E-state index in [4.69, 9.17) is 25.9 Å². The smallest absolute Gasteiger partial charge is 0.334 e. The Morgan fingerprint density at radius 1 is 1.12 bits per heavy atom. The van der Waals surface area contributed by atoms with Crippen LogP contribution in [-0.2, 0) is 15.5 Å². The van der Waals surface area contributed by atoms with E-state index in [9.17, 15) is 4.57 Å². The van der Waals surface area contributed by atoms with E-state index >= 15 is 0 Å². The highest BCUT2D eigenvalue weighted by Crippen LogP contribution is 2.40. The minimum atomic E-state index is -4.54. The van der Waals surface area contributed by atoms with Crippen molar-refractivity contribution in [3.05, 3.63) is 47.3 Å². The van der Waals surface area contributed by atoms with Crippen LogP contribution in [0.5, 0.6) is 0 Å². The topological polar surface area (TPSA) is 73.2 Å². The van der Waals surface area contributed by atoms with Gasteiger partial charge in [-0.1, -0.05) is 30.7 Å². The van der Waals surface area contributed by atoms with Crippen molar-refractivity contribution < 1.29 is 18.9 Å². The van der Waals surface area contributed by atoms with Gasteiger partial charge in [0, 0.05) is 30.5 Å². The maximum atomic E-state index is 11.2. The monoisotopic (exact) mass is 374 g/mol. The summed E-state index contributed by atoms with van der Waals surface area (Å²) in [5.41, 5.74) is 1.23. The summed E-state index contributed by atoms with van der Waals surface area (Å²) in [6, 6.07) is 7.79. The molecule has 24 heavy (non-hydrogen) atoms. The Hall–Kier alpha value is -1.04. The first kappa shape index (κ1) is 19.3. The van der Waals surface area contributed by atoms with Gasteiger partial charge < -0.3 is 19.6 Å². The van der Waals surface area contributed by atoms with Gasteiger partial charge in [-0.3, -0.25) is 0 Å². The van der Waals surface area contributed by atoms with Gasteiger partial charge >= 0.3 is 7.82 Å². The van der Waals surface area contributed by atoms with Crippen LogP contribution in [0.1, 0.15) is 31.7 Å². The third-order valence-electron chi connectivity index (χ3n) is 3.78. The molecule has 1 aromatic rings. The first-order chi connectivity index (χ1) is 11.4. The lowest BCUT2D eigenvalue weighted by Crippen LogP contribution is -2.40. The molecule has 0 aromatic heterocycles. The number of aryl methyl sites for hydroxylation is 1. The zero-order chi connectivity index (χ0) is 17.6. The fraction of sp³-hybridized carbons (Fsp3) is 0.500. The Labute approximate surface area is 147 Å². The molecule has 0 aliphatic carbocycles. The van der Waals surface area contributed by atoms with Crippen molar-refractivity contribution in [3.63, 3.8) is 0 Å². The van der Waals surface area contributed by atoms with Crippen molar-refractivity contribution in [1.82, 2.24) is 9.80 Å². The van der Waals surface area contributed by atoms with Crippen LogP contribution in [0.4, 0.5) is 0 Å². The van der Waals surface area contributed by atoms with Crippen molar-refractivity contribution in [3.8, 4) is 0 Å². The Bertz CT molecular complexity index is 590. The molecule has 1 aromatic carbocycles. The second-order valence-electron chi connectivity index (χ2n) is 5.78. The lowest BCUT2D eigenvalue weighted by molar-refractivity contribution is -0.0440. The van der Waals surface area contributed by atoms with Crippen LogP contribution in [0.15, 0.2) is 36.7 Å². The van der Waals surface area contributed by atoms with E-state index in [0.29, 0.717) is 13.1 Å². The van der Waals surface area contributed by atoms with Crippen LogP contribution in [0.2, 0.25) is 5.02 Å². The summed E-state index contributed by atoms with van der Waals surface area (Å²) in [5, 5.41) is 0.731. The van der Waals surface area contributed by atoms with Crippen molar-refractivity contribution in [2.75, 3.05) is 13.1 Å². The van der Waals surface area contributed by atoms with E-state index in [0.717, 1.165) is 30.7 Å². The number of hydrogen-bond donors (Lipinski definition) is 2. The normalized spacial score (nSPS) is 17.8. The van der Waals surface area contributed by atoms with Gasteiger partial charge in [0.05, 0.1) is 0 Å². The standard InChI is InChI=1S/C16H24ClN2O4P/c1-2-10-18-12-13-19(16(18)23-24(20,21)22)11-4-3-5-14-6-8-15(17)9-7-14/h6-9,12-13,16H,2-5,10-11H2,1H3,(H2,20,21,22). The average Bonchev–Trinajstić information content (AvgIpc) is 2.86. The molecular weight excluding hydrogens is 351 g/mol. The molecule has 1 aliphatic heterocycles. The third-order valence-corrected chi connectivity index (χ3v) is 4.49. The van der Waals surface area contributed by atoms with Crippen molar-refractivity contribution in [2.45, 2.75) is 39.0 Å². The highest BCUT2D eigenvalue weighted by Gasteiger charge is 2.32. The third kappa shape index (κ3) is 6.11. The minimum absolute atomic E-state index is 0.676. The molecule has 0 amide bonds. The Kier molecular flexibility index (Phi) is 7.14. The van der Waals surface area contributed by atoms with Crippen LogP contribution >= 0.6 is 19.4 Å². The molecule has 0 spiro atoms. The van der Waals surface area contributed by atoms with E-state index in [-0.39, 0.29) is 0 Å². The number of benzene rings is 1. The predicted octanol–water partition coefficient (Wildman–Crippen LogP) is 3.55. The predicted molar refractivity (Wildman–Crippen MR) is 94.2 cm³/mol. The van der Waals surface area contributed by atoms with E-state index in [1.165, 1.54) is 5.56 Å². The van der Waals surface area contributed by atoms with Gasteiger partial charge in [-0.15, -0.1) is 0 Å². The quantitative estimate of drug-likeness (QED) is 0.508. The summed E-state index contributed by atoms with van der Waals surface area (Å²) in [7, 11) is -4.54. The molecule has 2 rings (SSSR count). The molecule has 1 aliphatic rings. The van der Waals surface area contributed by atoms with Gasteiger partial charge in [0.25, 0.3) is 0 Å². The molecule has 0 bridgehead atoms. The number of halogens is 1. The van der Waals surface area contributed by atoms with Crippen LogP contribution in [0.25, 0.3) is 0 Å². The molecule has 2 N–H and O–H groups in total. The van der Waals surface area contributed by atoms with E-state index < -0.39 is 14.2 Å². The highest BCUT2D eigenvalue weighted by atomic mass is 35.5. The number of hydrogen-bond acceptors (Lipinski definition) is 4. The first-order valence-electron chi connectivity index (χ1n) is 8.07. The van der Waals surface area contributed by atoms with E-state index in [1.54, 1.807) is 4.90 Å². The SMILES string of the molecule is CCCN1C=CN(CCCCc2ccc(Cl)cc2)C1OP(=O)(O)O. The van der Waals surface area contributed by atoms with Gasteiger partial charge in [-0.25, -0.2) is 9.09 Å². The summed E-state index contributed by atoms with van der Waals surface area (Å²) >= 11 is 5.87. The summed E-state index contributed by atoms with van der Waals surface area (Å²) in [6.45, 7) is 3.37. The molecule has 6 nitrogen and oxygen atoms in total. The highest BCUT2D eigenvalue weighted by molar-refractivity contribution is 7.46. The van der Waals surface area contributed by atoms with Crippen LogP contribution in [-0.4, -0.2) is 39.0 Å². The Morgan fingerprint density at radius 3 is 2.33 bits per heavy atom. The van der Waals surface area contributed by atoms with Crippen LogP contribution < -0.4 is 0 Å². The molecule has 1 heterocycles. The van der Waals surface area contributed by atoms with Crippen LogP contribution in [0, 0.1) is 0 Å². The zero-order valence-corrected chi connectivity index (χ0v) is 15.4. The summed E-state index contributed by atoms with van der Waals surface area (Å²) in [5.74, 6) is 0. The number of unbranched alkanes of at least 4 members (excludes halogenated alkanes) is 1. The first-order valence-corrected chi connectivity index (χ1v) is 9.98. The largest absolute Gasteiger partial charge is 0.472 e. The molecular formula is C16H24ClN2O4P. The van der Waals surface area contributed by atoms with Gasteiger partial charge in [0.15, 0.2) is 0 Å². The van der Waals surface area contributed by atoms with Crippen molar-refractivity contribution in [2.24, 2.45) is 0 Å². The van der Waals surface area contributed by atoms with Gasteiger partial charge in [-0.2, -0.15) is 0 Å². The second-order valence-corrected chi connectivity index (χ2v) is 7.41. The Balaban J connectivity index is 1.82. The lowest BCUT2D eigenvalue weighted by atomic mass is 10.1. The van der Waals surface area contributed by atoms with Crippen LogP contribution in [0.3, 0.4) is 0 Å². The Morgan fingerprint density at radius 2 is 1.75 bits per heavy atom. The molecule has 0 saturated carbocycles. The summed E-state index contributed by atoms with van der Waals surface area (Å²) < 4.78 is 16.2. The molecule has 0 fully saturated rings. The van der Waals surface area contributed by atoms with Crippen molar-refractivity contribution in [1.29, 1.82) is 0 Å². The molecule has 8 heteroatoms. The molecule has 0 radical (unpaired) electrons. The van der Waals surface area contributed by atoms with E-state index in [2.05, 4.69) is 0 Å². The second kappa shape index (κ2) is 8.88. The number of phosphoric acid groups is 1. The number of phosphoric ester groups is 1. The molecule has 134 valence electrons. The van der Waals surface area contributed by atoms with E-state index in [1.807, 2.05) is 48.5 Å². The fourth-order valence-corrected chi connectivity index (χ4v) is 3.27. The number of nitrogens with zero attached hydrogens (tertiary/aromatic N) is 2. The number of rotatable bonds is 9. The maximum absolute atomic E-state index is 11.2. The van der Waals surface area contributed by atoms with Gasteiger partial charge in [-0.05, 0) is 43.4 Å². The van der Waals surface area contributed by atoms with Crippen molar-refractivity contribution >= 4 is 19.4 Å². The molecule has 1 atom stereocenters. The lowest BCUT2D eigenvalue weighted by Gasteiger charge is -2.32. The minimum Gasteiger partial charge on any atom is -0.334 e. The fourth-order valence-electron chi connectivity index (χ4n) is 2.66.